The highest BCUT2D eigenvalue weighted by Gasteiger charge is 2.11. The third kappa shape index (κ3) is 4.33. The molecule has 112 valence electrons. The summed E-state index contributed by atoms with van der Waals surface area (Å²) in [5.74, 6) is 0.0218. The van der Waals surface area contributed by atoms with Crippen LogP contribution in [0.2, 0.25) is 0 Å². The van der Waals surface area contributed by atoms with Crippen LogP contribution in [-0.4, -0.2) is 5.91 Å². The molecule has 4 heteroatoms. The number of rotatable bonds is 6. The van der Waals surface area contributed by atoms with Gasteiger partial charge in [0.15, 0.2) is 0 Å². The predicted octanol–water partition coefficient (Wildman–Crippen LogP) is 4.91. The third-order valence-corrected chi connectivity index (χ3v) is 4.28. The molecule has 1 aromatic carbocycles. The molecule has 0 spiro atoms. The molecule has 0 saturated carbocycles. The van der Waals surface area contributed by atoms with Crippen LogP contribution >= 0.6 is 11.3 Å². The molecule has 2 rings (SSSR count). The second-order valence-electron chi connectivity index (χ2n) is 5.35. The Bertz CT molecular complexity index is 578. The Morgan fingerprint density at radius 1 is 1.19 bits per heavy atom. The van der Waals surface area contributed by atoms with Crippen molar-refractivity contribution in [1.82, 2.24) is 0 Å². The van der Waals surface area contributed by atoms with Crippen LogP contribution in [0.15, 0.2) is 41.8 Å². The van der Waals surface area contributed by atoms with Crippen LogP contribution in [0.1, 0.15) is 38.1 Å². The zero-order chi connectivity index (χ0) is 15.2. The van der Waals surface area contributed by atoms with Crippen molar-refractivity contribution in [2.75, 3.05) is 10.6 Å². The van der Waals surface area contributed by atoms with Gasteiger partial charge >= 0.3 is 0 Å². The number of carbonyl (C=O) groups excluding carboxylic acids is 1. The molecular formula is C17H22N2OS. The van der Waals surface area contributed by atoms with Crippen LogP contribution in [-0.2, 0) is 4.79 Å². The van der Waals surface area contributed by atoms with E-state index < -0.39 is 0 Å². The minimum absolute atomic E-state index is 0.0175. The molecule has 1 unspecified atom stereocenters. The highest BCUT2D eigenvalue weighted by molar-refractivity contribution is 7.10. The number of amides is 1. The average molecular weight is 302 g/mol. The first kappa shape index (κ1) is 15.6. The van der Waals surface area contributed by atoms with Gasteiger partial charge in [-0.1, -0.05) is 32.9 Å². The van der Waals surface area contributed by atoms with Gasteiger partial charge in [0, 0.05) is 22.2 Å². The summed E-state index contributed by atoms with van der Waals surface area (Å²) in [6.45, 7) is 5.95. The van der Waals surface area contributed by atoms with Crippen LogP contribution in [0.25, 0.3) is 0 Å². The SMILES string of the molecule is CCC(Nc1cccc(NC(=O)C(C)C)c1)c1cccs1. The lowest BCUT2D eigenvalue weighted by atomic mass is 10.1. The van der Waals surface area contributed by atoms with E-state index >= 15 is 0 Å². The average Bonchev–Trinajstić information content (AvgIpc) is 2.99. The zero-order valence-electron chi connectivity index (χ0n) is 12.7. The van der Waals surface area contributed by atoms with Gasteiger partial charge in [0.2, 0.25) is 5.91 Å². The topological polar surface area (TPSA) is 41.1 Å². The van der Waals surface area contributed by atoms with Crippen LogP contribution in [0.4, 0.5) is 11.4 Å². The van der Waals surface area contributed by atoms with Gasteiger partial charge in [-0.3, -0.25) is 4.79 Å². The van der Waals surface area contributed by atoms with Crippen molar-refractivity contribution in [2.45, 2.75) is 33.2 Å². The molecule has 0 fully saturated rings. The molecule has 2 aromatic rings. The molecule has 2 N–H and O–H groups in total. The van der Waals surface area contributed by atoms with Crippen LogP contribution in [0, 0.1) is 5.92 Å². The summed E-state index contributed by atoms with van der Waals surface area (Å²) in [6.07, 6.45) is 1.02. The van der Waals surface area contributed by atoms with Crippen molar-refractivity contribution < 1.29 is 4.79 Å². The molecule has 0 aliphatic heterocycles. The van der Waals surface area contributed by atoms with E-state index in [-0.39, 0.29) is 11.8 Å². The fourth-order valence-corrected chi connectivity index (χ4v) is 2.90. The van der Waals surface area contributed by atoms with E-state index in [0.29, 0.717) is 6.04 Å². The molecule has 0 radical (unpaired) electrons. The Morgan fingerprint density at radius 2 is 1.95 bits per heavy atom. The van der Waals surface area contributed by atoms with Crippen molar-refractivity contribution in [2.24, 2.45) is 5.92 Å². The Balaban J connectivity index is 2.08. The monoisotopic (exact) mass is 302 g/mol. The van der Waals surface area contributed by atoms with E-state index in [1.165, 1.54) is 4.88 Å². The second kappa shape index (κ2) is 7.27. The Labute approximate surface area is 130 Å². The van der Waals surface area contributed by atoms with Gasteiger partial charge in [-0.2, -0.15) is 0 Å². The molecule has 0 bridgehead atoms. The van der Waals surface area contributed by atoms with E-state index in [9.17, 15) is 4.79 Å². The standard InChI is InChI=1S/C17H22N2OS/c1-4-15(16-9-6-10-21-16)18-13-7-5-8-14(11-13)19-17(20)12(2)3/h5-12,15,18H,4H2,1-3H3,(H,19,20). The van der Waals surface area contributed by atoms with Crippen molar-refractivity contribution >= 4 is 28.6 Å². The smallest absolute Gasteiger partial charge is 0.226 e. The summed E-state index contributed by atoms with van der Waals surface area (Å²) in [5, 5.41) is 8.56. The number of hydrogen-bond acceptors (Lipinski definition) is 3. The predicted molar refractivity (Wildman–Crippen MR) is 90.9 cm³/mol. The molecule has 21 heavy (non-hydrogen) atoms. The van der Waals surface area contributed by atoms with E-state index in [1.54, 1.807) is 11.3 Å². The number of nitrogens with one attached hydrogen (secondary N) is 2. The fourth-order valence-electron chi connectivity index (χ4n) is 2.04. The minimum atomic E-state index is -0.0175. The number of thiophene rings is 1. The Morgan fingerprint density at radius 3 is 2.57 bits per heavy atom. The zero-order valence-corrected chi connectivity index (χ0v) is 13.5. The number of anilines is 2. The lowest BCUT2D eigenvalue weighted by Gasteiger charge is -2.18. The van der Waals surface area contributed by atoms with Gasteiger partial charge in [0.1, 0.15) is 0 Å². The summed E-state index contributed by atoms with van der Waals surface area (Å²) in [6, 6.07) is 12.4. The molecule has 0 aliphatic carbocycles. The second-order valence-corrected chi connectivity index (χ2v) is 6.32. The van der Waals surface area contributed by atoms with E-state index in [0.717, 1.165) is 17.8 Å². The van der Waals surface area contributed by atoms with Crippen LogP contribution in [0.3, 0.4) is 0 Å². The number of hydrogen-bond donors (Lipinski definition) is 2. The molecule has 0 aliphatic rings. The van der Waals surface area contributed by atoms with E-state index in [1.807, 2.05) is 38.1 Å². The largest absolute Gasteiger partial charge is 0.377 e. The molecule has 1 atom stereocenters. The maximum atomic E-state index is 11.8. The summed E-state index contributed by atoms with van der Waals surface area (Å²) in [5.41, 5.74) is 1.86. The molecule has 1 aromatic heterocycles. The van der Waals surface area contributed by atoms with Gasteiger partial charge in [-0.25, -0.2) is 0 Å². The fraction of sp³-hybridized carbons (Fsp3) is 0.353. The summed E-state index contributed by atoms with van der Waals surface area (Å²) in [7, 11) is 0. The molecule has 1 heterocycles. The van der Waals surface area contributed by atoms with Crippen molar-refractivity contribution in [1.29, 1.82) is 0 Å². The first-order valence-electron chi connectivity index (χ1n) is 7.31. The number of benzene rings is 1. The molecule has 0 saturated heterocycles. The molecular weight excluding hydrogens is 280 g/mol. The van der Waals surface area contributed by atoms with Crippen LogP contribution < -0.4 is 10.6 Å². The van der Waals surface area contributed by atoms with Crippen molar-refractivity contribution in [3.63, 3.8) is 0 Å². The minimum Gasteiger partial charge on any atom is -0.377 e. The first-order chi connectivity index (χ1) is 10.1. The Hall–Kier alpha value is -1.81. The van der Waals surface area contributed by atoms with Gasteiger partial charge in [-0.15, -0.1) is 11.3 Å². The van der Waals surface area contributed by atoms with E-state index in [4.69, 9.17) is 0 Å². The Kier molecular flexibility index (Phi) is 5.39. The molecule has 1 amide bonds. The number of carbonyl (C=O) groups is 1. The van der Waals surface area contributed by atoms with Gasteiger partial charge < -0.3 is 10.6 Å². The van der Waals surface area contributed by atoms with Crippen LogP contribution in [0.5, 0.6) is 0 Å². The van der Waals surface area contributed by atoms with Crippen molar-refractivity contribution in [3.05, 3.63) is 46.7 Å². The normalized spacial score (nSPS) is 12.2. The highest BCUT2D eigenvalue weighted by Crippen LogP contribution is 2.27. The van der Waals surface area contributed by atoms with Gasteiger partial charge in [0.25, 0.3) is 0 Å². The maximum absolute atomic E-state index is 11.8. The lowest BCUT2D eigenvalue weighted by molar-refractivity contribution is -0.118. The first-order valence-corrected chi connectivity index (χ1v) is 8.19. The van der Waals surface area contributed by atoms with Crippen molar-refractivity contribution in [3.8, 4) is 0 Å². The van der Waals surface area contributed by atoms with Gasteiger partial charge in [0.05, 0.1) is 6.04 Å². The van der Waals surface area contributed by atoms with Gasteiger partial charge in [-0.05, 0) is 36.1 Å². The summed E-state index contributed by atoms with van der Waals surface area (Å²) in [4.78, 5) is 13.1. The van der Waals surface area contributed by atoms with E-state index in [2.05, 4.69) is 35.1 Å². The lowest BCUT2D eigenvalue weighted by Crippen LogP contribution is -2.17. The quantitative estimate of drug-likeness (QED) is 0.796. The third-order valence-electron chi connectivity index (χ3n) is 3.29. The highest BCUT2D eigenvalue weighted by atomic mass is 32.1. The summed E-state index contributed by atoms with van der Waals surface area (Å²) < 4.78 is 0. The maximum Gasteiger partial charge on any atom is 0.226 e. The molecule has 3 nitrogen and oxygen atoms in total. The summed E-state index contributed by atoms with van der Waals surface area (Å²) >= 11 is 1.76.